The van der Waals surface area contributed by atoms with E-state index in [1.807, 2.05) is 10.9 Å². The van der Waals surface area contributed by atoms with Gasteiger partial charge in [0.25, 0.3) is 0 Å². The van der Waals surface area contributed by atoms with Gasteiger partial charge in [0.2, 0.25) is 0 Å². The molecule has 98 valence electrons. The summed E-state index contributed by atoms with van der Waals surface area (Å²) in [6.07, 6.45) is 2.95. The maximum Gasteiger partial charge on any atom is 0.0869 e. The van der Waals surface area contributed by atoms with Crippen molar-refractivity contribution in [3.05, 3.63) is 32.7 Å². The van der Waals surface area contributed by atoms with Crippen LogP contribution in [0, 0.1) is 0 Å². The minimum atomic E-state index is 0.161. The van der Waals surface area contributed by atoms with Gasteiger partial charge in [0.05, 0.1) is 17.9 Å². The van der Waals surface area contributed by atoms with Gasteiger partial charge >= 0.3 is 0 Å². The van der Waals surface area contributed by atoms with E-state index < -0.39 is 0 Å². The highest BCUT2D eigenvalue weighted by Crippen LogP contribution is 2.32. The quantitative estimate of drug-likeness (QED) is 0.885. The van der Waals surface area contributed by atoms with Gasteiger partial charge in [0, 0.05) is 15.9 Å². The largest absolute Gasteiger partial charge is 0.304 e. The van der Waals surface area contributed by atoms with Crippen LogP contribution in [-0.2, 0) is 6.54 Å². The highest BCUT2D eigenvalue weighted by molar-refractivity contribution is 9.10. The van der Waals surface area contributed by atoms with Crippen molar-refractivity contribution in [1.29, 1.82) is 0 Å². The lowest BCUT2D eigenvalue weighted by Gasteiger charge is -2.18. The van der Waals surface area contributed by atoms with Gasteiger partial charge in [0.15, 0.2) is 0 Å². The molecule has 0 amide bonds. The van der Waals surface area contributed by atoms with Crippen LogP contribution in [0.1, 0.15) is 36.9 Å². The highest BCUT2D eigenvalue weighted by Gasteiger charge is 2.21. The third kappa shape index (κ3) is 2.81. The fraction of sp³-hybridized carbons (Fsp3) is 0.500. The van der Waals surface area contributed by atoms with E-state index in [1.165, 1.54) is 4.88 Å². The minimum Gasteiger partial charge on any atom is -0.304 e. The van der Waals surface area contributed by atoms with Crippen LogP contribution in [0.4, 0.5) is 0 Å². The molecule has 0 aliphatic carbocycles. The second kappa shape index (κ2) is 6.45. The Labute approximate surface area is 120 Å². The van der Waals surface area contributed by atoms with Gasteiger partial charge in [-0.15, -0.1) is 16.4 Å². The lowest BCUT2D eigenvalue weighted by atomic mass is 10.1. The Morgan fingerprint density at radius 1 is 1.50 bits per heavy atom. The van der Waals surface area contributed by atoms with Crippen LogP contribution in [0.25, 0.3) is 0 Å². The van der Waals surface area contributed by atoms with Crippen molar-refractivity contribution in [2.24, 2.45) is 0 Å². The predicted octanol–water partition coefficient (Wildman–Crippen LogP) is 3.21. The number of thiophene rings is 1. The van der Waals surface area contributed by atoms with Crippen molar-refractivity contribution in [2.75, 3.05) is 6.54 Å². The van der Waals surface area contributed by atoms with Gasteiger partial charge in [-0.05, 0) is 47.3 Å². The van der Waals surface area contributed by atoms with E-state index in [9.17, 15) is 0 Å². The molecule has 0 radical (unpaired) electrons. The lowest BCUT2D eigenvalue weighted by molar-refractivity contribution is 0.527. The fourth-order valence-corrected chi connectivity index (χ4v) is 3.55. The molecule has 4 nitrogen and oxygen atoms in total. The van der Waals surface area contributed by atoms with Crippen molar-refractivity contribution in [1.82, 2.24) is 20.3 Å². The summed E-state index contributed by atoms with van der Waals surface area (Å²) in [5, 5.41) is 13.8. The van der Waals surface area contributed by atoms with Gasteiger partial charge in [-0.25, -0.2) is 4.68 Å². The van der Waals surface area contributed by atoms with Gasteiger partial charge in [-0.3, -0.25) is 0 Å². The molecule has 0 saturated heterocycles. The Morgan fingerprint density at radius 3 is 2.94 bits per heavy atom. The van der Waals surface area contributed by atoms with Crippen LogP contribution in [0.2, 0.25) is 0 Å². The van der Waals surface area contributed by atoms with Crippen LogP contribution < -0.4 is 5.32 Å². The molecular weight excluding hydrogens is 312 g/mol. The molecule has 1 atom stereocenters. The Bertz CT molecular complexity index is 494. The second-order valence-corrected chi connectivity index (χ2v) is 5.80. The third-order valence-electron chi connectivity index (χ3n) is 2.75. The number of aryl methyl sites for hydroxylation is 1. The molecule has 2 rings (SSSR count). The summed E-state index contributed by atoms with van der Waals surface area (Å²) in [7, 11) is 0. The number of nitrogens with zero attached hydrogens (tertiary/aromatic N) is 3. The standard InChI is InChI=1S/C12H17BrN4S/c1-3-6-14-11(12-9(13)5-7-18-12)10-8-15-16-17(10)4-2/h5,7-8,11,14H,3-4,6H2,1-2H3. The molecule has 1 unspecified atom stereocenters. The van der Waals surface area contributed by atoms with Crippen molar-refractivity contribution in [3.63, 3.8) is 0 Å². The van der Waals surface area contributed by atoms with Gasteiger partial charge in [0.1, 0.15) is 0 Å². The SMILES string of the molecule is CCCNC(c1sccc1Br)c1cnnn1CC. The monoisotopic (exact) mass is 328 g/mol. The molecular formula is C12H17BrN4S. The first-order valence-electron chi connectivity index (χ1n) is 6.12. The van der Waals surface area contributed by atoms with Crippen molar-refractivity contribution < 1.29 is 0 Å². The van der Waals surface area contributed by atoms with E-state index in [2.05, 4.69) is 56.9 Å². The van der Waals surface area contributed by atoms with Crippen LogP contribution >= 0.6 is 27.3 Å². The second-order valence-electron chi connectivity index (χ2n) is 3.99. The van der Waals surface area contributed by atoms with Gasteiger partial charge < -0.3 is 5.32 Å². The summed E-state index contributed by atoms with van der Waals surface area (Å²) >= 11 is 5.36. The Kier molecular flexibility index (Phi) is 4.91. The fourth-order valence-electron chi connectivity index (χ4n) is 1.87. The molecule has 1 N–H and O–H groups in total. The molecule has 0 saturated carbocycles. The maximum absolute atomic E-state index is 4.12. The van der Waals surface area contributed by atoms with Crippen LogP contribution in [0.3, 0.4) is 0 Å². The average Bonchev–Trinajstić information content (AvgIpc) is 2.99. The third-order valence-corrected chi connectivity index (χ3v) is 4.68. The molecule has 0 aliphatic rings. The van der Waals surface area contributed by atoms with E-state index in [4.69, 9.17) is 0 Å². The Hall–Kier alpha value is -0.720. The Balaban J connectivity index is 2.34. The molecule has 0 spiro atoms. The molecule has 0 bridgehead atoms. The van der Waals surface area contributed by atoms with E-state index >= 15 is 0 Å². The number of hydrogen-bond acceptors (Lipinski definition) is 4. The summed E-state index contributed by atoms with van der Waals surface area (Å²) in [4.78, 5) is 1.28. The number of hydrogen-bond donors (Lipinski definition) is 1. The zero-order chi connectivity index (χ0) is 13.0. The smallest absolute Gasteiger partial charge is 0.0869 e. The number of rotatable bonds is 6. The van der Waals surface area contributed by atoms with Crippen molar-refractivity contribution in [2.45, 2.75) is 32.9 Å². The summed E-state index contributed by atoms with van der Waals surface area (Å²) in [5.41, 5.74) is 1.12. The topological polar surface area (TPSA) is 42.7 Å². The highest BCUT2D eigenvalue weighted by atomic mass is 79.9. The van der Waals surface area contributed by atoms with Crippen LogP contribution in [-0.4, -0.2) is 21.5 Å². The first-order chi connectivity index (χ1) is 8.77. The minimum absolute atomic E-state index is 0.161. The summed E-state index contributed by atoms with van der Waals surface area (Å²) in [6, 6.07) is 2.25. The van der Waals surface area contributed by atoms with E-state index in [0.29, 0.717) is 0 Å². The molecule has 2 heterocycles. The first kappa shape index (κ1) is 13.7. The summed E-state index contributed by atoms with van der Waals surface area (Å²) in [6.45, 7) is 6.06. The van der Waals surface area contributed by atoms with E-state index in [1.54, 1.807) is 11.3 Å². The molecule has 2 aromatic heterocycles. The predicted molar refractivity (Wildman–Crippen MR) is 77.9 cm³/mol. The summed E-state index contributed by atoms with van der Waals surface area (Å²) in [5.74, 6) is 0. The zero-order valence-corrected chi connectivity index (χ0v) is 13.0. The lowest BCUT2D eigenvalue weighted by Crippen LogP contribution is -2.25. The first-order valence-corrected chi connectivity index (χ1v) is 7.79. The van der Waals surface area contributed by atoms with Crippen LogP contribution in [0.5, 0.6) is 0 Å². The molecule has 0 aliphatic heterocycles. The number of nitrogens with one attached hydrogen (secondary N) is 1. The number of aromatic nitrogens is 3. The molecule has 6 heteroatoms. The maximum atomic E-state index is 4.12. The average molecular weight is 329 g/mol. The normalized spacial score (nSPS) is 12.8. The van der Waals surface area contributed by atoms with Gasteiger partial charge in [-0.1, -0.05) is 12.1 Å². The summed E-state index contributed by atoms with van der Waals surface area (Å²) < 4.78 is 3.09. The van der Waals surface area contributed by atoms with Gasteiger partial charge in [-0.2, -0.15) is 0 Å². The zero-order valence-electron chi connectivity index (χ0n) is 10.6. The van der Waals surface area contributed by atoms with Crippen LogP contribution in [0.15, 0.2) is 22.1 Å². The van der Waals surface area contributed by atoms with E-state index in [0.717, 1.165) is 29.7 Å². The van der Waals surface area contributed by atoms with Crippen molar-refractivity contribution >= 4 is 27.3 Å². The molecule has 2 aromatic rings. The Morgan fingerprint density at radius 2 is 2.33 bits per heavy atom. The number of halogens is 1. The molecule has 18 heavy (non-hydrogen) atoms. The molecule has 0 fully saturated rings. The molecule has 0 aromatic carbocycles. The van der Waals surface area contributed by atoms with Crippen molar-refractivity contribution in [3.8, 4) is 0 Å². The van der Waals surface area contributed by atoms with E-state index in [-0.39, 0.29) is 6.04 Å².